The lowest BCUT2D eigenvalue weighted by atomic mass is 10.1. The first kappa shape index (κ1) is 15.4. The molecular weight excluding hydrogens is 314 g/mol. The summed E-state index contributed by atoms with van der Waals surface area (Å²) in [6.45, 7) is 0. The summed E-state index contributed by atoms with van der Waals surface area (Å²) in [6, 6.07) is 6.34. The molecule has 3 rings (SSSR count). The summed E-state index contributed by atoms with van der Waals surface area (Å²) in [7, 11) is 1.70. The van der Waals surface area contributed by atoms with Gasteiger partial charge in [0.2, 0.25) is 5.91 Å². The number of hydrogen-bond donors (Lipinski definition) is 2. The normalized spacial score (nSPS) is 12.9. The van der Waals surface area contributed by atoms with Crippen LogP contribution in [0.1, 0.15) is 15.9 Å². The summed E-state index contributed by atoms with van der Waals surface area (Å²) in [6.07, 6.45) is 1.33. The van der Waals surface area contributed by atoms with E-state index in [1.54, 1.807) is 30.1 Å². The van der Waals surface area contributed by atoms with Crippen molar-refractivity contribution in [3.05, 3.63) is 51.7 Å². The van der Waals surface area contributed by atoms with Gasteiger partial charge < -0.3 is 16.0 Å². The van der Waals surface area contributed by atoms with E-state index in [1.165, 1.54) is 0 Å². The van der Waals surface area contributed by atoms with Crippen LogP contribution in [-0.2, 0) is 11.2 Å². The van der Waals surface area contributed by atoms with Crippen molar-refractivity contribution in [3.8, 4) is 0 Å². The Bertz CT molecular complexity index is 880. The molecule has 0 unspecified atom stereocenters. The molecular formula is C15H13N5O4. The minimum atomic E-state index is -0.829. The molecule has 1 aromatic carbocycles. The number of amides is 2. The molecule has 1 aliphatic heterocycles. The molecule has 9 heteroatoms. The quantitative estimate of drug-likeness (QED) is 0.643. The van der Waals surface area contributed by atoms with Gasteiger partial charge in [0.15, 0.2) is 0 Å². The minimum absolute atomic E-state index is 0.00608. The lowest BCUT2D eigenvalue weighted by Gasteiger charge is -2.12. The molecule has 3 N–H and O–H groups in total. The summed E-state index contributed by atoms with van der Waals surface area (Å²) in [5.74, 6) is -0.719. The molecule has 24 heavy (non-hydrogen) atoms. The molecule has 2 heterocycles. The molecule has 0 bridgehead atoms. The van der Waals surface area contributed by atoms with Crippen molar-refractivity contribution in [3.63, 3.8) is 0 Å². The fraction of sp³-hybridized carbons (Fsp3) is 0.133. The van der Waals surface area contributed by atoms with E-state index in [-0.39, 0.29) is 29.4 Å². The average Bonchev–Trinajstić information content (AvgIpc) is 2.81. The zero-order valence-electron chi connectivity index (χ0n) is 12.6. The van der Waals surface area contributed by atoms with Crippen LogP contribution >= 0.6 is 0 Å². The second-order valence-electron chi connectivity index (χ2n) is 5.31. The standard InChI is InChI=1S/C15H13N5O4/c1-19-12-3-2-9(4-8(12)5-13(19)21)18-15-11(14(16)22)6-10(7-17-15)20(23)24/h2-4,6-7H,5H2,1H3,(H2,16,22)(H,17,18). The number of benzene rings is 1. The lowest BCUT2D eigenvalue weighted by molar-refractivity contribution is -0.385. The van der Waals surface area contributed by atoms with Crippen molar-refractivity contribution >= 4 is 34.7 Å². The maximum Gasteiger partial charge on any atom is 0.288 e. The van der Waals surface area contributed by atoms with Crippen LogP contribution in [0.25, 0.3) is 0 Å². The molecule has 0 radical (unpaired) electrons. The number of fused-ring (bicyclic) bond motifs is 1. The number of nitrogens with two attached hydrogens (primary N) is 1. The zero-order chi connectivity index (χ0) is 17.4. The number of carbonyl (C=O) groups excluding carboxylic acids is 2. The number of hydrogen-bond acceptors (Lipinski definition) is 6. The maximum atomic E-state index is 11.7. The van der Waals surface area contributed by atoms with Crippen LogP contribution in [0, 0.1) is 10.1 Å². The molecule has 1 aromatic heterocycles. The third-order valence-electron chi connectivity index (χ3n) is 3.77. The predicted molar refractivity (Wildman–Crippen MR) is 86.2 cm³/mol. The Morgan fingerprint density at radius 2 is 2.17 bits per heavy atom. The molecule has 0 atom stereocenters. The van der Waals surface area contributed by atoms with E-state index < -0.39 is 10.8 Å². The Morgan fingerprint density at radius 1 is 1.42 bits per heavy atom. The van der Waals surface area contributed by atoms with Crippen molar-refractivity contribution in [2.45, 2.75) is 6.42 Å². The Kier molecular flexibility index (Phi) is 3.60. The lowest BCUT2D eigenvalue weighted by Crippen LogP contribution is -2.20. The van der Waals surface area contributed by atoms with E-state index in [4.69, 9.17) is 5.73 Å². The number of pyridine rings is 1. The van der Waals surface area contributed by atoms with Gasteiger partial charge in [-0.05, 0) is 23.8 Å². The highest BCUT2D eigenvalue weighted by Gasteiger charge is 2.24. The van der Waals surface area contributed by atoms with E-state index in [9.17, 15) is 19.7 Å². The van der Waals surface area contributed by atoms with Gasteiger partial charge in [0, 0.05) is 24.5 Å². The number of aromatic nitrogens is 1. The number of nitrogens with one attached hydrogen (secondary N) is 1. The number of carbonyl (C=O) groups is 2. The zero-order valence-corrected chi connectivity index (χ0v) is 12.6. The summed E-state index contributed by atoms with van der Waals surface area (Å²) in [4.78, 5) is 38.9. The Labute approximate surface area is 136 Å². The first-order valence-corrected chi connectivity index (χ1v) is 6.97. The molecule has 0 spiro atoms. The van der Waals surface area contributed by atoms with Gasteiger partial charge in [0.25, 0.3) is 11.6 Å². The van der Waals surface area contributed by atoms with E-state index in [2.05, 4.69) is 10.3 Å². The molecule has 1 aliphatic rings. The van der Waals surface area contributed by atoms with Gasteiger partial charge in [-0.15, -0.1) is 0 Å². The Hall–Kier alpha value is -3.49. The highest BCUT2D eigenvalue weighted by Crippen LogP contribution is 2.31. The van der Waals surface area contributed by atoms with Crippen molar-refractivity contribution < 1.29 is 14.5 Å². The number of rotatable bonds is 4. The molecule has 9 nitrogen and oxygen atoms in total. The van der Waals surface area contributed by atoms with Gasteiger partial charge in [-0.3, -0.25) is 19.7 Å². The first-order valence-electron chi connectivity index (χ1n) is 6.97. The maximum absolute atomic E-state index is 11.7. The van der Waals surface area contributed by atoms with Gasteiger partial charge in [-0.25, -0.2) is 4.98 Å². The molecule has 0 saturated heterocycles. The fourth-order valence-electron chi connectivity index (χ4n) is 2.53. The largest absolute Gasteiger partial charge is 0.365 e. The summed E-state index contributed by atoms with van der Waals surface area (Å²) in [5, 5.41) is 13.7. The van der Waals surface area contributed by atoms with E-state index in [1.807, 2.05) is 0 Å². The van der Waals surface area contributed by atoms with Crippen molar-refractivity contribution in [2.24, 2.45) is 5.73 Å². The second-order valence-corrected chi connectivity index (χ2v) is 5.31. The smallest absolute Gasteiger partial charge is 0.288 e. The van der Waals surface area contributed by atoms with Crippen LogP contribution in [0.2, 0.25) is 0 Å². The van der Waals surface area contributed by atoms with Crippen LogP contribution in [0.4, 0.5) is 22.9 Å². The third kappa shape index (κ3) is 2.62. The van der Waals surface area contributed by atoms with Crippen molar-refractivity contribution in [2.75, 3.05) is 17.3 Å². The SMILES string of the molecule is CN1C(=O)Cc2cc(Nc3ncc([N+](=O)[O-])cc3C(N)=O)ccc21. The van der Waals surface area contributed by atoms with Gasteiger partial charge in [0.1, 0.15) is 12.0 Å². The summed E-state index contributed by atoms with van der Waals surface area (Å²) in [5.41, 5.74) is 7.12. The minimum Gasteiger partial charge on any atom is -0.365 e. The van der Waals surface area contributed by atoms with Crippen LogP contribution in [0.5, 0.6) is 0 Å². The van der Waals surface area contributed by atoms with Crippen LogP contribution in [0.3, 0.4) is 0 Å². The van der Waals surface area contributed by atoms with Gasteiger partial charge in [-0.1, -0.05) is 0 Å². The van der Waals surface area contributed by atoms with Gasteiger partial charge in [0.05, 0.1) is 16.9 Å². The molecule has 0 fully saturated rings. The molecule has 0 saturated carbocycles. The van der Waals surface area contributed by atoms with E-state index in [0.717, 1.165) is 23.5 Å². The Morgan fingerprint density at radius 3 is 2.83 bits per heavy atom. The average molecular weight is 327 g/mol. The molecule has 0 aliphatic carbocycles. The highest BCUT2D eigenvalue weighted by molar-refractivity contribution is 6.02. The Balaban J connectivity index is 1.95. The summed E-state index contributed by atoms with van der Waals surface area (Å²) >= 11 is 0. The van der Waals surface area contributed by atoms with Crippen molar-refractivity contribution in [1.82, 2.24) is 4.98 Å². The number of anilines is 3. The summed E-state index contributed by atoms with van der Waals surface area (Å²) < 4.78 is 0. The number of likely N-dealkylation sites (N-methyl/N-ethyl adjacent to an activating group) is 1. The number of primary amides is 1. The second kappa shape index (κ2) is 5.61. The highest BCUT2D eigenvalue weighted by atomic mass is 16.6. The van der Waals surface area contributed by atoms with Crippen LogP contribution in [-0.4, -0.2) is 28.8 Å². The first-order chi connectivity index (χ1) is 11.4. The molecule has 2 aromatic rings. The van der Waals surface area contributed by atoms with Crippen LogP contribution < -0.4 is 16.0 Å². The third-order valence-corrected chi connectivity index (χ3v) is 3.77. The topological polar surface area (TPSA) is 131 Å². The fourth-order valence-corrected chi connectivity index (χ4v) is 2.53. The predicted octanol–water partition coefficient (Wildman–Crippen LogP) is 1.35. The monoisotopic (exact) mass is 327 g/mol. The van der Waals surface area contributed by atoms with E-state index >= 15 is 0 Å². The van der Waals surface area contributed by atoms with Gasteiger partial charge in [-0.2, -0.15) is 0 Å². The van der Waals surface area contributed by atoms with E-state index in [0.29, 0.717) is 5.69 Å². The van der Waals surface area contributed by atoms with Gasteiger partial charge >= 0.3 is 0 Å². The number of nitro groups is 1. The van der Waals surface area contributed by atoms with Crippen molar-refractivity contribution in [1.29, 1.82) is 0 Å². The molecule has 122 valence electrons. The number of nitrogens with zero attached hydrogens (tertiary/aromatic N) is 3. The molecule has 2 amide bonds. The van der Waals surface area contributed by atoms with Crippen LogP contribution in [0.15, 0.2) is 30.5 Å².